The maximum absolute atomic E-state index is 13.2. The molecule has 2 heterocycles. The Labute approximate surface area is 236 Å². The Bertz CT molecular complexity index is 1700. The van der Waals surface area contributed by atoms with Gasteiger partial charge in [0, 0.05) is 11.5 Å². The summed E-state index contributed by atoms with van der Waals surface area (Å²) >= 11 is 12.5. The number of hydrogen-bond donors (Lipinski definition) is 1. The summed E-state index contributed by atoms with van der Waals surface area (Å²) in [5.41, 5.74) is 5.06. The first-order valence-electron chi connectivity index (χ1n) is 12.1. The molecule has 0 unspecified atom stereocenters. The molecule has 8 nitrogen and oxygen atoms in total. The van der Waals surface area contributed by atoms with Crippen molar-refractivity contribution in [3.8, 4) is 22.7 Å². The molecule has 11 heteroatoms. The van der Waals surface area contributed by atoms with Gasteiger partial charge in [-0.25, -0.2) is 18.1 Å². The summed E-state index contributed by atoms with van der Waals surface area (Å²) in [7, 11) is -2.12. The topological polar surface area (TPSA) is 103 Å². The van der Waals surface area contributed by atoms with Crippen LogP contribution in [0.5, 0.6) is 5.75 Å². The predicted molar refractivity (Wildman–Crippen MR) is 152 cm³/mol. The van der Waals surface area contributed by atoms with Crippen LogP contribution in [0.1, 0.15) is 22.7 Å². The molecule has 0 aliphatic heterocycles. The maximum atomic E-state index is 13.2. The monoisotopic (exact) mass is 581 g/mol. The molecule has 0 saturated heterocycles. The summed E-state index contributed by atoms with van der Waals surface area (Å²) in [6.07, 6.45) is 1.56. The van der Waals surface area contributed by atoms with Gasteiger partial charge in [-0.05, 0) is 61.4 Å². The second-order valence-electron chi connectivity index (χ2n) is 9.15. The average molecular weight is 583 g/mol. The van der Waals surface area contributed by atoms with Crippen LogP contribution in [0.25, 0.3) is 16.9 Å². The Balaban J connectivity index is 1.58. The number of rotatable bonds is 9. The van der Waals surface area contributed by atoms with Crippen LogP contribution < -0.4 is 4.74 Å². The van der Waals surface area contributed by atoms with Gasteiger partial charge in [-0.15, -0.1) is 0 Å². The molecule has 5 aromatic rings. The lowest BCUT2D eigenvalue weighted by atomic mass is 9.94. The van der Waals surface area contributed by atoms with E-state index in [0.29, 0.717) is 22.2 Å². The summed E-state index contributed by atoms with van der Waals surface area (Å²) in [6, 6.07) is 22.7. The van der Waals surface area contributed by atoms with Crippen molar-refractivity contribution < 1.29 is 13.2 Å². The van der Waals surface area contributed by atoms with Crippen molar-refractivity contribution >= 4 is 33.0 Å². The molecule has 0 radical (unpaired) electrons. The first-order chi connectivity index (χ1) is 18.7. The molecular formula is C28H25Cl2N5O3S. The quantitative estimate of drug-likeness (QED) is 0.226. The number of hydrogen-bond acceptors (Lipinski definition) is 6. The van der Waals surface area contributed by atoms with Crippen molar-refractivity contribution in [2.75, 3.05) is 12.9 Å². The number of methoxy groups -OCH3 is 1. The van der Waals surface area contributed by atoms with Crippen LogP contribution in [0, 0.1) is 6.92 Å². The summed E-state index contributed by atoms with van der Waals surface area (Å²) in [6.45, 7) is 1.98. The highest BCUT2D eigenvalue weighted by atomic mass is 35.5. The Morgan fingerprint density at radius 3 is 2.46 bits per heavy atom. The van der Waals surface area contributed by atoms with E-state index in [2.05, 4.69) is 15.2 Å². The van der Waals surface area contributed by atoms with Crippen LogP contribution in [0.2, 0.25) is 10.0 Å². The highest BCUT2D eigenvalue weighted by Crippen LogP contribution is 2.33. The molecule has 5 rings (SSSR count). The van der Waals surface area contributed by atoms with Crippen molar-refractivity contribution in [3.05, 3.63) is 106 Å². The fourth-order valence-corrected chi connectivity index (χ4v) is 6.14. The first kappa shape index (κ1) is 26.9. The van der Waals surface area contributed by atoms with Gasteiger partial charge in [0.25, 0.3) is 0 Å². The second-order valence-corrected chi connectivity index (χ2v) is 11.9. The van der Waals surface area contributed by atoms with Crippen LogP contribution in [-0.2, 0) is 16.3 Å². The standard InChI is InChI=1S/C28H25Cl2N5O3S/c1-18-4-3-5-19(12-18)21(16-39(36,37)28-31-17-32-33-28)13-22-15-27(20-6-11-25(29)26(30)14-20)35(34-22)23-7-9-24(38-2)10-8-23/h3-12,14-15,17,21H,13,16H2,1-2H3,(H,31,32,33)/t21-/m1/s1. The highest BCUT2D eigenvalue weighted by molar-refractivity contribution is 7.91. The summed E-state index contributed by atoms with van der Waals surface area (Å²) in [4.78, 5) is 3.88. The first-order valence-corrected chi connectivity index (χ1v) is 14.5. The number of nitrogens with one attached hydrogen (secondary N) is 1. The van der Waals surface area contributed by atoms with E-state index in [1.165, 1.54) is 6.33 Å². The van der Waals surface area contributed by atoms with Gasteiger partial charge >= 0.3 is 0 Å². The number of halogens is 2. The van der Waals surface area contributed by atoms with Gasteiger partial charge in [-0.3, -0.25) is 5.10 Å². The smallest absolute Gasteiger partial charge is 0.242 e. The molecule has 0 bridgehead atoms. The van der Waals surface area contributed by atoms with Gasteiger partial charge in [0.1, 0.15) is 12.1 Å². The van der Waals surface area contributed by atoms with Crippen LogP contribution in [0.4, 0.5) is 0 Å². The molecule has 0 amide bonds. The van der Waals surface area contributed by atoms with Crippen LogP contribution in [0.3, 0.4) is 0 Å². The molecular weight excluding hydrogens is 557 g/mol. The molecule has 0 spiro atoms. The van der Waals surface area contributed by atoms with E-state index in [4.69, 9.17) is 33.0 Å². The Kier molecular flexibility index (Phi) is 7.74. The van der Waals surface area contributed by atoms with Gasteiger partial charge in [0.15, 0.2) is 0 Å². The molecule has 3 aromatic carbocycles. The van der Waals surface area contributed by atoms with E-state index in [-0.39, 0.29) is 16.8 Å². The van der Waals surface area contributed by atoms with E-state index in [1.807, 2.05) is 72.3 Å². The molecule has 200 valence electrons. The number of aryl methyl sites for hydroxylation is 1. The minimum atomic E-state index is -3.73. The van der Waals surface area contributed by atoms with E-state index in [1.54, 1.807) is 19.2 Å². The van der Waals surface area contributed by atoms with Crippen molar-refractivity contribution in [2.45, 2.75) is 24.4 Å². The van der Waals surface area contributed by atoms with Gasteiger partial charge in [0.2, 0.25) is 15.0 Å². The zero-order valence-electron chi connectivity index (χ0n) is 21.2. The van der Waals surface area contributed by atoms with Crippen molar-refractivity contribution in [2.24, 2.45) is 0 Å². The van der Waals surface area contributed by atoms with Gasteiger partial charge in [-0.2, -0.15) is 10.2 Å². The zero-order chi connectivity index (χ0) is 27.6. The van der Waals surface area contributed by atoms with E-state index in [0.717, 1.165) is 33.8 Å². The minimum Gasteiger partial charge on any atom is -0.497 e. The van der Waals surface area contributed by atoms with Gasteiger partial charge in [0.05, 0.1) is 40.0 Å². The van der Waals surface area contributed by atoms with Crippen molar-refractivity contribution in [1.82, 2.24) is 25.0 Å². The Hall–Kier alpha value is -3.66. The van der Waals surface area contributed by atoms with Crippen LogP contribution in [0.15, 0.2) is 84.3 Å². The number of benzene rings is 3. The van der Waals surface area contributed by atoms with Crippen molar-refractivity contribution in [1.29, 1.82) is 0 Å². The van der Waals surface area contributed by atoms with E-state index < -0.39 is 9.84 Å². The fraction of sp³-hybridized carbons (Fsp3) is 0.179. The molecule has 2 aromatic heterocycles. The predicted octanol–water partition coefficient (Wildman–Crippen LogP) is 6.08. The summed E-state index contributed by atoms with van der Waals surface area (Å²) in [5, 5.41) is 11.8. The molecule has 0 aliphatic carbocycles. The molecule has 39 heavy (non-hydrogen) atoms. The normalized spacial score (nSPS) is 12.4. The number of nitrogens with zero attached hydrogens (tertiary/aromatic N) is 4. The van der Waals surface area contributed by atoms with E-state index >= 15 is 0 Å². The molecule has 0 fully saturated rings. The number of ether oxygens (including phenoxy) is 1. The zero-order valence-corrected chi connectivity index (χ0v) is 23.5. The highest BCUT2D eigenvalue weighted by Gasteiger charge is 2.27. The lowest BCUT2D eigenvalue weighted by Crippen LogP contribution is -2.18. The molecule has 0 saturated carbocycles. The fourth-order valence-electron chi connectivity index (χ4n) is 4.45. The van der Waals surface area contributed by atoms with Gasteiger partial charge < -0.3 is 4.74 Å². The number of aromatic nitrogens is 5. The van der Waals surface area contributed by atoms with Crippen molar-refractivity contribution in [3.63, 3.8) is 0 Å². The summed E-state index contributed by atoms with van der Waals surface area (Å²) < 4.78 is 33.5. The Morgan fingerprint density at radius 1 is 1.00 bits per heavy atom. The second kappa shape index (κ2) is 11.2. The molecule has 0 aliphatic rings. The van der Waals surface area contributed by atoms with Gasteiger partial charge in [-0.1, -0.05) is 59.1 Å². The maximum Gasteiger partial charge on any atom is 0.242 e. The minimum absolute atomic E-state index is 0.152. The summed E-state index contributed by atoms with van der Waals surface area (Å²) in [5.74, 6) is 0.170. The molecule has 1 atom stereocenters. The third kappa shape index (κ3) is 6.00. The van der Waals surface area contributed by atoms with Crippen LogP contribution in [-0.4, -0.2) is 46.2 Å². The average Bonchev–Trinajstić information content (AvgIpc) is 3.61. The number of H-pyrrole nitrogens is 1. The van der Waals surface area contributed by atoms with Crippen LogP contribution >= 0.6 is 23.2 Å². The third-order valence-corrected chi connectivity index (χ3v) is 8.74. The Morgan fingerprint density at radius 2 is 1.79 bits per heavy atom. The third-order valence-electron chi connectivity index (χ3n) is 6.37. The number of sulfone groups is 1. The largest absolute Gasteiger partial charge is 0.497 e. The number of aromatic amines is 1. The van der Waals surface area contributed by atoms with E-state index in [9.17, 15) is 8.42 Å². The SMILES string of the molecule is COc1ccc(-n2nc(C[C@H](CS(=O)(=O)c3ncn[nH]3)c3cccc(C)c3)cc2-c2ccc(Cl)c(Cl)c2)cc1. The lowest BCUT2D eigenvalue weighted by molar-refractivity contribution is 0.414. The lowest BCUT2D eigenvalue weighted by Gasteiger charge is -2.16. The molecule has 1 N–H and O–H groups in total.